The van der Waals surface area contributed by atoms with E-state index in [1.54, 1.807) is 6.92 Å². The largest absolute Gasteiger partial charge is 0.346 e. The molecule has 70 valence electrons. The number of amides is 1. The van der Waals surface area contributed by atoms with Gasteiger partial charge in [-0.05, 0) is 25.9 Å². The third-order valence-electron chi connectivity index (χ3n) is 2.56. The van der Waals surface area contributed by atoms with Gasteiger partial charge in [-0.2, -0.15) is 0 Å². The lowest BCUT2D eigenvalue weighted by molar-refractivity contribution is -0.128. The molecule has 1 amide bonds. The van der Waals surface area contributed by atoms with Gasteiger partial charge in [-0.25, -0.2) is 0 Å². The Bertz CT molecular complexity index is 170. The minimum absolute atomic E-state index is 0.171. The lowest BCUT2D eigenvalue weighted by atomic mass is 10.1. The molecule has 3 nitrogen and oxygen atoms in total. The Kier molecular flexibility index (Phi) is 3.09. The van der Waals surface area contributed by atoms with Crippen LogP contribution in [0.25, 0.3) is 0 Å². The van der Waals surface area contributed by atoms with Gasteiger partial charge in [0.05, 0.1) is 0 Å². The molecule has 0 aromatic heterocycles. The molecule has 0 spiro atoms. The molecule has 1 atom stereocenters. The Balaban J connectivity index is 2.27. The minimum atomic E-state index is 0.171. The normalized spacial score (nSPS) is 24.4. The summed E-state index contributed by atoms with van der Waals surface area (Å²) < 4.78 is 0. The Hall–Kier alpha value is -0.570. The Morgan fingerprint density at radius 2 is 2.33 bits per heavy atom. The molecule has 1 aliphatic heterocycles. The summed E-state index contributed by atoms with van der Waals surface area (Å²) in [4.78, 5) is 15.1. The van der Waals surface area contributed by atoms with Crippen LogP contribution in [0.5, 0.6) is 0 Å². The van der Waals surface area contributed by atoms with Gasteiger partial charge in [0.2, 0.25) is 5.91 Å². The summed E-state index contributed by atoms with van der Waals surface area (Å²) in [5.41, 5.74) is 0. The highest BCUT2D eigenvalue weighted by Crippen LogP contribution is 2.14. The van der Waals surface area contributed by atoms with Crippen molar-refractivity contribution in [1.82, 2.24) is 9.80 Å². The number of rotatable bonds is 2. The van der Waals surface area contributed by atoms with E-state index in [9.17, 15) is 4.79 Å². The molecular weight excluding hydrogens is 152 g/mol. The van der Waals surface area contributed by atoms with Gasteiger partial charge >= 0.3 is 0 Å². The van der Waals surface area contributed by atoms with E-state index in [1.165, 1.54) is 13.0 Å². The van der Waals surface area contributed by atoms with Crippen LogP contribution >= 0.6 is 0 Å². The van der Waals surface area contributed by atoms with E-state index in [2.05, 4.69) is 11.9 Å². The first kappa shape index (κ1) is 9.52. The van der Waals surface area contributed by atoms with Crippen molar-refractivity contribution >= 4 is 5.91 Å². The summed E-state index contributed by atoms with van der Waals surface area (Å²) in [5.74, 6) is 0.855. The summed E-state index contributed by atoms with van der Waals surface area (Å²) in [6.07, 6.45) is 1.23. The van der Waals surface area contributed by atoms with E-state index in [0.717, 1.165) is 13.1 Å². The van der Waals surface area contributed by atoms with E-state index in [4.69, 9.17) is 0 Å². The van der Waals surface area contributed by atoms with Gasteiger partial charge in [0, 0.05) is 27.1 Å². The zero-order valence-corrected chi connectivity index (χ0v) is 8.21. The van der Waals surface area contributed by atoms with E-state index in [1.807, 2.05) is 11.9 Å². The molecular formula is C9H18N2O. The van der Waals surface area contributed by atoms with E-state index < -0.39 is 0 Å². The highest BCUT2D eigenvalue weighted by molar-refractivity contribution is 5.72. The first-order chi connectivity index (χ1) is 5.59. The third-order valence-corrected chi connectivity index (χ3v) is 2.56. The topological polar surface area (TPSA) is 23.6 Å². The summed E-state index contributed by atoms with van der Waals surface area (Å²) in [5, 5.41) is 0. The van der Waals surface area contributed by atoms with Crippen LogP contribution in [0.3, 0.4) is 0 Å². The molecule has 12 heavy (non-hydrogen) atoms. The second-order valence-electron chi connectivity index (χ2n) is 3.82. The van der Waals surface area contributed by atoms with Crippen molar-refractivity contribution in [3.05, 3.63) is 0 Å². The smallest absolute Gasteiger partial charge is 0.219 e. The van der Waals surface area contributed by atoms with Crippen LogP contribution in [-0.4, -0.2) is 49.4 Å². The number of hydrogen-bond donors (Lipinski definition) is 0. The maximum Gasteiger partial charge on any atom is 0.219 e. The number of likely N-dealkylation sites (tertiary alicyclic amines) is 1. The fraction of sp³-hybridized carbons (Fsp3) is 0.889. The van der Waals surface area contributed by atoms with Crippen molar-refractivity contribution in [3.8, 4) is 0 Å². The molecule has 1 unspecified atom stereocenters. The standard InChI is InChI=1S/C9H18N2O/c1-8(12)11(3)7-9-4-5-10(2)6-9/h9H,4-7H2,1-3H3. The molecule has 1 aliphatic rings. The number of hydrogen-bond acceptors (Lipinski definition) is 2. The fourth-order valence-electron chi connectivity index (χ4n) is 1.69. The quantitative estimate of drug-likeness (QED) is 0.599. The maximum absolute atomic E-state index is 10.9. The van der Waals surface area contributed by atoms with E-state index in [-0.39, 0.29) is 5.91 Å². The Morgan fingerprint density at radius 3 is 2.75 bits per heavy atom. The molecule has 1 heterocycles. The van der Waals surface area contributed by atoms with Gasteiger partial charge in [-0.15, -0.1) is 0 Å². The SMILES string of the molecule is CC(=O)N(C)CC1CCN(C)C1. The highest BCUT2D eigenvalue weighted by atomic mass is 16.2. The van der Waals surface area contributed by atoms with Gasteiger partial charge in [0.1, 0.15) is 0 Å². The van der Waals surface area contributed by atoms with Gasteiger partial charge in [-0.1, -0.05) is 0 Å². The number of nitrogens with zero attached hydrogens (tertiary/aromatic N) is 2. The lowest BCUT2D eigenvalue weighted by Crippen LogP contribution is -2.30. The fourth-order valence-corrected chi connectivity index (χ4v) is 1.69. The minimum Gasteiger partial charge on any atom is -0.346 e. The van der Waals surface area contributed by atoms with Crippen LogP contribution in [0.1, 0.15) is 13.3 Å². The monoisotopic (exact) mass is 170 g/mol. The zero-order chi connectivity index (χ0) is 9.14. The van der Waals surface area contributed by atoms with Gasteiger partial charge in [0.15, 0.2) is 0 Å². The van der Waals surface area contributed by atoms with Crippen molar-refractivity contribution < 1.29 is 4.79 Å². The van der Waals surface area contributed by atoms with E-state index in [0.29, 0.717) is 5.92 Å². The Morgan fingerprint density at radius 1 is 1.67 bits per heavy atom. The second kappa shape index (κ2) is 3.90. The summed E-state index contributed by atoms with van der Waals surface area (Å²) in [7, 11) is 4.01. The molecule has 0 N–H and O–H groups in total. The van der Waals surface area contributed by atoms with Gasteiger partial charge in [0.25, 0.3) is 0 Å². The van der Waals surface area contributed by atoms with Crippen molar-refractivity contribution in [2.24, 2.45) is 5.92 Å². The van der Waals surface area contributed by atoms with Crippen LogP contribution in [0.15, 0.2) is 0 Å². The summed E-state index contributed by atoms with van der Waals surface area (Å²) >= 11 is 0. The van der Waals surface area contributed by atoms with Crippen LogP contribution in [0.2, 0.25) is 0 Å². The molecule has 0 aromatic rings. The van der Waals surface area contributed by atoms with Gasteiger partial charge < -0.3 is 9.80 Å². The summed E-state index contributed by atoms with van der Waals surface area (Å²) in [6, 6.07) is 0. The predicted octanol–water partition coefficient (Wildman–Crippen LogP) is 0.416. The first-order valence-electron chi connectivity index (χ1n) is 4.50. The van der Waals surface area contributed by atoms with Crippen LogP contribution in [0.4, 0.5) is 0 Å². The van der Waals surface area contributed by atoms with Crippen LogP contribution in [-0.2, 0) is 4.79 Å². The highest BCUT2D eigenvalue weighted by Gasteiger charge is 2.21. The lowest BCUT2D eigenvalue weighted by Gasteiger charge is -2.19. The molecule has 0 saturated carbocycles. The average molecular weight is 170 g/mol. The maximum atomic E-state index is 10.9. The first-order valence-corrected chi connectivity index (χ1v) is 4.50. The average Bonchev–Trinajstić information content (AvgIpc) is 2.35. The number of carbonyl (C=O) groups is 1. The van der Waals surface area contributed by atoms with Crippen molar-refractivity contribution in [1.29, 1.82) is 0 Å². The van der Waals surface area contributed by atoms with Crippen LogP contribution < -0.4 is 0 Å². The number of carbonyl (C=O) groups excluding carboxylic acids is 1. The van der Waals surface area contributed by atoms with Crippen LogP contribution in [0, 0.1) is 5.92 Å². The molecule has 1 fully saturated rings. The zero-order valence-electron chi connectivity index (χ0n) is 8.21. The summed E-state index contributed by atoms with van der Waals surface area (Å²) in [6.45, 7) is 4.85. The van der Waals surface area contributed by atoms with Gasteiger partial charge in [-0.3, -0.25) is 4.79 Å². The van der Waals surface area contributed by atoms with E-state index >= 15 is 0 Å². The third kappa shape index (κ3) is 2.48. The molecule has 0 aliphatic carbocycles. The molecule has 1 saturated heterocycles. The molecule has 3 heteroatoms. The van der Waals surface area contributed by atoms with Crippen molar-refractivity contribution in [2.45, 2.75) is 13.3 Å². The second-order valence-corrected chi connectivity index (χ2v) is 3.82. The molecule has 0 radical (unpaired) electrons. The molecule has 0 bridgehead atoms. The van der Waals surface area contributed by atoms with Crippen molar-refractivity contribution in [2.75, 3.05) is 33.7 Å². The molecule has 1 rings (SSSR count). The molecule has 0 aromatic carbocycles. The Labute approximate surface area is 74.3 Å². The predicted molar refractivity (Wildman–Crippen MR) is 48.9 cm³/mol. The van der Waals surface area contributed by atoms with Crippen molar-refractivity contribution in [3.63, 3.8) is 0 Å².